The van der Waals surface area contributed by atoms with E-state index < -0.39 is 5.82 Å². The maximum absolute atomic E-state index is 13.2. The van der Waals surface area contributed by atoms with Crippen molar-refractivity contribution in [1.29, 1.82) is 0 Å². The van der Waals surface area contributed by atoms with Gasteiger partial charge < -0.3 is 14.5 Å². The molecule has 0 amide bonds. The smallest absolute Gasteiger partial charge is 0.259 e. The molecule has 0 bridgehead atoms. The van der Waals surface area contributed by atoms with Crippen molar-refractivity contribution in [2.75, 3.05) is 7.11 Å². The molecule has 1 heterocycles. The molecule has 0 saturated carbocycles. The second-order valence-corrected chi connectivity index (χ2v) is 6.73. The number of ether oxygens (including phenoxy) is 2. The highest BCUT2D eigenvalue weighted by Crippen LogP contribution is 2.32. The van der Waals surface area contributed by atoms with Crippen LogP contribution in [0.4, 0.5) is 4.39 Å². The van der Waals surface area contributed by atoms with E-state index in [0.717, 1.165) is 0 Å². The van der Waals surface area contributed by atoms with Crippen LogP contribution in [0.25, 0.3) is 22.3 Å². The van der Waals surface area contributed by atoms with Crippen LogP contribution in [0.1, 0.15) is 5.56 Å². The van der Waals surface area contributed by atoms with Crippen molar-refractivity contribution in [2.24, 2.45) is 0 Å². The largest absolute Gasteiger partial charge is 0.493 e. The van der Waals surface area contributed by atoms with Gasteiger partial charge in [0.05, 0.1) is 23.0 Å². The van der Waals surface area contributed by atoms with Crippen LogP contribution in [0.2, 0.25) is 5.02 Å². The Morgan fingerprint density at radius 3 is 2.69 bits per heavy atom. The zero-order chi connectivity index (χ0) is 20.4. The molecule has 0 aliphatic carbocycles. The van der Waals surface area contributed by atoms with Crippen molar-refractivity contribution >= 4 is 22.5 Å². The van der Waals surface area contributed by atoms with Gasteiger partial charge in [0.1, 0.15) is 18.2 Å². The monoisotopic (exact) mass is 410 g/mol. The molecule has 4 aromatic rings. The molecule has 0 atom stereocenters. The van der Waals surface area contributed by atoms with Crippen LogP contribution in [0.15, 0.2) is 65.5 Å². The Morgan fingerprint density at radius 1 is 1.07 bits per heavy atom. The number of methoxy groups -OCH3 is 1. The minimum atomic E-state index is -0.412. The van der Waals surface area contributed by atoms with Gasteiger partial charge in [-0.05, 0) is 42.5 Å². The number of rotatable bonds is 5. The van der Waals surface area contributed by atoms with Gasteiger partial charge in [0.25, 0.3) is 5.56 Å². The summed E-state index contributed by atoms with van der Waals surface area (Å²) in [6.07, 6.45) is 0. The number of benzene rings is 3. The van der Waals surface area contributed by atoms with Gasteiger partial charge in [-0.15, -0.1) is 0 Å². The first-order valence-corrected chi connectivity index (χ1v) is 9.17. The highest BCUT2D eigenvalue weighted by molar-refractivity contribution is 6.31. The topological polar surface area (TPSA) is 64.2 Å². The summed E-state index contributed by atoms with van der Waals surface area (Å²) in [7, 11) is 1.53. The van der Waals surface area contributed by atoms with Crippen LogP contribution >= 0.6 is 11.6 Å². The molecule has 3 aromatic carbocycles. The summed E-state index contributed by atoms with van der Waals surface area (Å²) in [5.74, 6) is 0.960. The van der Waals surface area contributed by atoms with Gasteiger partial charge in [-0.25, -0.2) is 9.37 Å². The Balaban J connectivity index is 1.69. The standard InChI is InChI=1S/C22H16ClFN2O3/c1-28-19-9-7-13(21-25-18-5-3-2-4-16(18)22(27)26-21)10-20(19)29-12-14-6-8-15(24)11-17(14)23/h2-11H,12H2,1H3,(H,25,26,27). The molecule has 1 N–H and O–H groups in total. The molecule has 4 rings (SSSR count). The van der Waals surface area contributed by atoms with Crippen molar-refractivity contribution in [3.63, 3.8) is 0 Å². The molecule has 0 aliphatic heterocycles. The number of halogens is 2. The van der Waals surface area contributed by atoms with E-state index in [1.165, 1.54) is 19.2 Å². The van der Waals surface area contributed by atoms with Gasteiger partial charge in [-0.1, -0.05) is 29.8 Å². The minimum absolute atomic E-state index is 0.126. The summed E-state index contributed by atoms with van der Waals surface area (Å²) in [6, 6.07) is 16.5. The predicted octanol–water partition coefficient (Wildman–Crippen LogP) is 4.97. The van der Waals surface area contributed by atoms with Crippen LogP contribution in [0, 0.1) is 5.82 Å². The van der Waals surface area contributed by atoms with Crippen molar-refractivity contribution in [3.8, 4) is 22.9 Å². The van der Waals surface area contributed by atoms with E-state index in [1.807, 2.05) is 6.07 Å². The van der Waals surface area contributed by atoms with E-state index in [0.29, 0.717) is 39.4 Å². The summed E-state index contributed by atoms with van der Waals surface area (Å²) in [5.41, 5.74) is 1.68. The first-order valence-electron chi connectivity index (χ1n) is 8.79. The highest BCUT2D eigenvalue weighted by atomic mass is 35.5. The lowest BCUT2D eigenvalue weighted by Gasteiger charge is -2.13. The Labute approximate surface area is 170 Å². The number of aromatic nitrogens is 2. The van der Waals surface area contributed by atoms with Gasteiger partial charge in [0.15, 0.2) is 11.5 Å². The number of para-hydroxylation sites is 1. The second-order valence-electron chi connectivity index (χ2n) is 6.32. The average Bonchev–Trinajstić information content (AvgIpc) is 2.73. The molecule has 0 fully saturated rings. The number of hydrogen-bond donors (Lipinski definition) is 1. The lowest BCUT2D eigenvalue weighted by Crippen LogP contribution is -2.09. The third-order valence-corrected chi connectivity index (χ3v) is 4.80. The fraction of sp³-hybridized carbons (Fsp3) is 0.0909. The van der Waals surface area contributed by atoms with Gasteiger partial charge in [-0.3, -0.25) is 4.79 Å². The first kappa shape index (κ1) is 19.0. The second kappa shape index (κ2) is 7.93. The van der Waals surface area contributed by atoms with Crippen LogP contribution in [-0.4, -0.2) is 17.1 Å². The molecule has 146 valence electrons. The quantitative estimate of drug-likeness (QED) is 0.504. The zero-order valence-electron chi connectivity index (χ0n) is 15.4. The average molecular weight is 411 g/mol. The van der Waals surface area contributed by atoms with Crippen molar-refractivity contribution in [2.45, 2.75) is 6.61 Å². The third kappa shape index (κ3) is 3.93. The van der Waals surface area contributed by atoms with E-state index in [1.54, 1.807) is 42.5 Å². The van der Waals surface area contributed by atoms with Crippen molar-refractivity contribution < 1.29 is 13.9 Å². The van der Waals surface area contributed by atoms with Crippen LogP contribution in [0.5, 0.6) is 11.5 Å². The first-order chi connectivity index (χ1) is 14.0. The van der Waals surface area contributed by atoms with Crippen LogP contribution in [-0.2, 0) is 6.61 Å². The molecule has 0 unspecified atom stereocenters. The van der Waals surface area contributed by atoms with E-state index in [9.17, 15) is 9.18 Å². The van der Waals surface area contributed by atoms with Crippen molar-refractivity contribution in [1.82, 2.24) is 9.97 Å². The summed E-state index contributed by atoms with van der Waals surface area (Å²) >= 11 is 6.07. The maximum atomic E-state index is 13.2. The Kier molecular flexibility index (Phi) is 5.18. The third-order valence-electron chi connectivity index (χ3n) is 4.45. The molecule has 0 spiro atoms. The number of hydrogen-bond acceptors (Lipinski definition) is 4. The fourth-order valence-electron chi connectivity index (χ4n) is 2.95. The fourth-order valence-corrected chi connectivity index (χ4v) is 3.18. The summed E-state index contributed by atoms with van der Waals surface area (Å²) in [4.78, 5) is 19.7. The molecule has 0 radical (unpaired) electrons. The van der Waals surface area contributed by atoms with E-state index in [4.69, 9.17) is 21.1 Å². The van der Waals surface area contributed by atoms with Gasteiger partial charge >= 0.3 is 0 Å². The summed E-state index contributed by atoms with van der Waals surface area (Å²) < 4.78 is 24.5. The molecule has 0 saturated heterocycles. The lowest BCUT2D eigenvalue weighted by molar-refractivity contribution is 0.284. The Bertz CT molecular complexity index is 1260. The number of nitrogens with zero attached hydrogens (tertiary/aromatic N) is 1. The minimum Gasteiger partial charge on any atom is -0.493 e. The van der Waals surface area contributed by atoms with Gasteiger partial charge in [0.2, 0.25) is 0 Å². The van der Waals surface area contributed by atoms with Gasteiger partial charge in [-0.2, -0.15) is 0 Å². The Morgan fingerprint density at radius 2 is 1.90 bits per heavy atom. The SMILES string of the molecule is COc1ccc(-c2nc3ccccc3c(=O)[nH]2)cc1OCc1ccc(F)cc1Cl. The molecule has 29 heavy (non-hydrogen) atoms. The van der Waals surface area contributed by atoms with E-state index >= 15 is 0 Å². The molecule has 7 heteroatoms. The molecule has 0 aliphatic rings. The molecule has 5 nitrogen and oxygen atoms in total. The molecule has 1 aromatic heterocycles. The molecular formula is C22H16ClFN2O3. The summed E-state index contributed by atoms with van der Waals surface area (Å²) in [5, 5.41) is 0.799. The normalized spacial score (nSPS) is 10.9. The van der Waals surface area contributed by atoms with E-state index in [2.05, 4.69) is 9.97 Å². The summed E-state index contributed by atoms with van der Waals surface area (Å²) in [6.45, 7) is 0.126. The number of aromatic amines is 1. The Hall–Kier alpha value is -3.38. The number of nitrogens with one attached hydrogen (secondary N) is 1. The number of H-pyrrole nitrogens is 1. The van der Waals surface area contributed by atoms with E-state index in [-0.39, 0.29) is 17.2 Å². The number of fused-ring (bicyclic) bond motifs is 1. The highest BCUT2D eigenvalue weighted by Gasteiger charge is 2.12. The lowest BCUT2D eigenvalue weighted by atomic mass is 10.1. The van der Waals surface area contributed by atoms with Gasteiger partial charge in [0, 0.05) is 11.1 Å². The predicted molar refractivity (Wildman–Crippen MR) is 110 cm³/mol. The maximum Gasteiger partial charge on any atom is 0.259 e. The van der Waals surface area contributed by atoms with Crippen molar-refractivity contribution in [3.05, 3.63) is 87.4 Å². The molecular weight excluding hydrogens is 395 g/mol. The van der Waals surface area contributed by atoms with Crippen LogP contribution in [0.3, 0.4) is 0 Å². The zero-order valence-corrected chi connectivity index (χ0v) is 16.2. The van der Waals surface area contributed by atoms with Crippen LogP contribution < -0.4 is 15.0 Å².